The fourth-order valence-electron chi connectivity index (χ4n) is 1.18. The van der Waals surface area contributed by atoms with Gasteiger partial charge in [0.1, 0.15) is 5.60 Å². The van der Waals surface area contributed by atoms with Gasteiger partial charge < -0.3 is 4.74 Å². The molecule has 7 nitrogen and oxygen atoms in total. The number of nitrogens with one attached hydrogen (secondary N) is 1. The number of amides is 1. The molecular formula is C11H16ClN3O4S. The molecule has 0 aromatic carbocycles. The molecule has 112 valence electrons. The molecule has 0 saturated carbocycles. The highest BCUT2D eigenvalue weighted by Crippen LogP contribution is 2.09. The van der Waals surface area contributed by atoms with Crippen molar-refractivity contribution >= 4 is 31.8 Å². The van der Waals surface area contributed by atoms with E-state index in [2.05, 4.69) is 15.3 Å². The molecule has 1 aromatic rings. The number of carbonyl (C=O) groups is 1. The molecule has 1 N–H and O–H groups in total. The summed E-state index contributed by atoms with van der Waals surface area (Å²) in [5, 5.41) is 2.37. The van der Waals surface area contributed by atoms with Crippen LogP contribution in [0.3, 0.4) is 0 Å². The molecule has 1 amide bonds. The molecule has 9 heteroatoms. The van der Waals surface area contributed by atoms with E-state index >= 15 is 0 Å². The minimum absolute atomic E-state index is 0.0803. The van der Waals surface area contributed by atoms with Crippen LogP contribution in [0, 0.1) is 0 Å². The fraction of sp³-hybridized carbons (Fsp3) is 0.545. The van der Waals surface area contributed by atoms with Gasteiger partial charge in [0, 0.05) is 23.1 Å². The number of aromatic nitrogens is 2. The first-order valence-corrected chi connectivity index (χ1v) is 8.26. The van der Waals surface area contributed by atoms with Gasteiger partial charge in [-0.25, -0.2) is 23.2 Å². The topological polar surface area (TPSA) is 98.2 Å². The summed E-state index contributed by atoms with van der Waals surface area (Å²) in [5.41, 5.74) is -0.0115. The third-order valence-electron chi connectivity index (χ3n) is 1.95. The number of ether oxygens (including phenoxy) is 1. The maximum Gasteiger partial charge on any atom is 0.414 e. The first kappa shape index (κ1) is 16.6. The predicted octanol–water partition coefficient (Wildman–Crippen LogP) is 1.93. The monoisotopic (exact) mass is 321 g/mol. The normalized spacial score (nSPS) is 12.0. The predicted molar refractivity (Wildman–Crippen MR) is 75.2 cm³/mol. The van der Waals surface area contributed by atoms with Gasteiger partial charge in [0.2, 0.25) is 15.0 Å². The average Bonchev–Trinajstić information content (AvgIpc) is 2.24. The summed E-state index contributed by atoms with van der Waals surface area (Å²) in [6.07, 6.45) is 2.39. The molecule has 1 rings (SSSR count). The molecule has 0 aliphatic heterocycles. The molecule has 0 aliphatic carbocycles. The fourth-order valence-corrected chi connectivity index (χ4v) is 1.89. The van der Waals surface area contributed by atoms with Crippen molar-refractivity contribution in [3.05, 3.63) is 18.0 Å². The summed E-state index contributed by atoms with van der Waals surface area (Å²) in [4.78, 5) is 19.2. The molecule has 1 heterocycles. The molecule has 20 heavy (non-hydrogen) atoms. The number of halogens is 1. The zero-order chi connectivity index (χ0) is 15.4. The lowest BCUT2D eigenvalue weighted by Gasteiger charge is -2.19. The number of aryl methyl sites for hydroxylation is 1. The summed E-state index contributed by atoms with van der Waals surface area (Å²) in [5.74, 6) is -0.117. The Labute approximate surface area is 122 Å². The van der Waals surface area contributed by atoms with Gasteiger partial charge in [0.05, 0.1) is 5.75 Å². The van der Waals surface area contributed by atoms with E-state index in [4.69, 9.17) is 15.4 Å². The van der Waals surface area contributed by atoms with E-state index in [-0.39, 0.29) is 18.1 Å². The highest BCUT2D eigenvalue weighted by atomic mass is 35.7. The van der Waals surface area contributed by atoms with Crippen LogP contribution in [-0.4, -0.2) is 35.8 Å². The molecular weight excluding hydrogens is 306 g/mol. The van der Waals surface area contributed by atoms with E-state index in [1.807, 2.05) is 0 Å². The Bertz CT molecular complexity index is 566. The lowest BCUT2D eigenvalue weighted by molar-refractivity contribution is 0.0634. The highest BCUT2D eigenvalue weighted by Gasteiger charge is 2.16. The van der Waals surface area contributed by atoms with Crippen LogP contribution in [-0.2, 0) is 20.2 Å². The first-order chi connectivity index (χ1) is 9.05. The molecule has 0 saturated heterocycles. The van der Waals surface area contributed by atoms with Crippen LogP contribution in [0.1, 0.15) is 26.3 Å². The number of carbonyl (C=O) groups excluding carboxylic acids is 1. The smallest absolute Gasteiger partial charge is 0.414 e. The minimum Gasteiger partial charge on any atom is -0.444 e. The summed E-state index contributed by atoms with van der Waals surface area (Å²) < 4.78 is 26.6. The summed E-state index contributed by atoms with van der Waals surface area (Å²) in [6.45, 7) is 5.22. The Morgan fingerprint density at radius 3 is 2.35 bits per heavy atom. The van der Waals surface area contributed by atoms with Gasteiger partial charge in [-0.15, -0.1) is 0 Å². The Kier molecular flexibility index (Phi) is 5.29. The van der Waals surface area contributed by atoms with Crippen LogP contribution >= 0.6 is 10.7 Å². The Hall–Kier alpha value is -1.41. The van der Waals surface area contributed by atoms with E-state index < -0.39 is 20.7 Å². The van der Waals surface area contributed by atoms with Crippen LogP contribution in [0.25, 0.3) is 0 Å². The summed E-state index contributed by atoms with van der Waals surface area (Å²) in [7, 11) is 1.56. The zero-order valence-corrected chi connectivity index (χ0v) is 13.0. The number of nitrogens with zero attached hydrogens (tertiary/aromatic N) is 2. The quantitative estimate of drug-likeness (QED) is 0.851. The lowest BCUT2D eigenvalue weighted by Crippen LogP contribution is -2.27. The second-order valence-corrected chi connectivity index (χ2v) is 7.93. The number of rotatable bonds is 4. The van der Waals surface area contributed by atoms with Crippen molar-refractivity contribution in [3.8, 4) is 0 Å². The maximum absolute atomic E-state index is 11.5. The first-order valence-electron chi connectivity index (χ1n) is 5.78. The van der Waals surface area contributed by atoms with Gasteiger partial charge in [-0.1, -0.05) is 0 Å². The van der Waals surface area contributed by atoms with Crippen LogP contribution in [0.15, 0.2) is 12.4 Å². The van der Waals surface area contributed by atoms with E-state index in [0.717, 1.165) is 0 Å². The molecule has 0 radical (unpaired) electrons. The van der Waals surface area contributed by atoms with Crippen molar-refractivity contribution in [2.75, 3.05) is 11.1 Å². The lowest BCUT2D eigenvalue weighted by atomic mass is 10.2. The minimum atomic E-state index is -3.54. The molecule has 0 aliphatic rings. The SMILES string of the molecule is CC(C)(C)OC(=O)Nc1ncc(CCS(=O)(=O)Cl)cn1. The van der Waals surface area contributed by atoms with Crippen molar-refractivity contribution < 1.29 is 17.9 Å². The third kappa shape index (κ3) is 7.25. The van der Waals surface area contributed by atoms with Gasteiger partial charge >= 0.3 is 6.09 Å². The molecule has 0 bridgehead atoms. The standard InChI is InChI=1S/C11H16ClN3O4S/c1-11(2,3)19-10(16)15-9-13-6-8(7-14-9)4-5-20(12,17)18/h6-7H,4-5H2,1-3H3,(H,13,14,15,16). The second kappa shape index (κ2) is 6.36. The van der Waals surface area contributed by atoms with Crippen LogP contribution in [0.4, 0.5) is 10.7 Å². The third-order valence-corrected chi connectivity index (χ3v) is 3.11. The van der Waals surface area contributed by atoms with Crippen molar-refractivity contribution in [2.45, 2.75) is 32.8 Å². The average molecular weight is 322 g/mol. The Balaban J connectivity index is 2.57. The van der Waals surface area contributed by atoms with Crippen molar-refractivity contribution in [1.82, 2.24) is 9.97 Å². The van der Waals surface area contributed by atoms with Gasteiger partial charge in [-0.3, -0.25) is 5.32 Å². The molecule has 0 spiro atoms. The van der Waals surface area contributed by atoms with Crippen molar-refractivity contribution in [2.24, 2.45) is 0 Å². The highest BCUT2D eigenvalue weighted by molar-refractivity contribution is 8.13. The van der Waals surface area contributed by atoms with Crippen molar-refractivity contribution in [3.63, 3.8) is 0 Å². The zero-order valence-electron chi connectivity index (χ0n) is 11.4. The van der Waals surface area contributed by atoms with Gasteiger partial charge in [0.15, 0.2) is 0 Å². The second-order valence-electron chi connectivity index (χ2n) is 5.03. The van der Waals surface area contributed by atoms with E-state index in [9.17, 15) is 13.2 Å². The van der Waals surface area contributed by atoms with E-state index in [1.165, 1.54) is 12.4 Å². The maximum atomic E-state index is 11.5. The van der Waals surface area contributed by atoms with Crippen molar-refractivity contribution in [1.29, 1.82) is 0 Å². The van der Waals surface area contributed by atoms with Gasteiger partial charge in [0.25, 0.3) is 0 Å². The number of hydrogen-bond acceptors (Lipinski definition) is 6. The molecule has 1 aromatic heterocycles. The van der Waals surface area contributed by atoms with Crippen LogP contribution < -0.4 is 5.32 Å². The summed E-state index contributed by atoms with van der Waals surface area (Å²) in [6, 6.07) is 0. The molecule has 0 atom stereocenters. The van der Waals surface area contributed by atoms with E-state index in [0.29, 0.717) is 5.56 Å². The molecule has 0 fully saturated rings. The van der Waals surface area contributed by atoms with Gasteiger partial charge in [-0.05, 0) is 32.8 Å². The largest absolute Gasteiger partial charge is 0.444 e. The van der Waals surface area contributed by atoms with Crippen LogP contribution in [0.5, 0.6) is 0 Å². The van der Waals surface area contributed by atoms with E-state index in [1.54, 1.807) is 20.8 Å². The Morgan fingerprint density at radius 2 is 1.90 bits per heavy atom. The molecule has 0 unspecified atom stereocenters. The van der Waals surface area contributed by atoms with Crippen LogP contribution in [0.2, 0.25) is 0 Å². The summed E-state index contributed by atoms with van der Waals surface area (Å²) >= 11 is 0. The Morgan fingerprint density at radius 1 is 1.35 bits per heavy atom. The van der Waals surface area contributed by atoms with Gasteiger partial charge in [-0.2, -0.15) is 0 Å². The number of anilines is 1. The number of hydrogen-bond donors (Lipinski definition) is 1.